The van der Waals surface area contributed by atoms with E-state index >= 15 is 0 Å². The lowest BCUT2D eigenvalue weighted by Crippen LogP contribution is -2.21. The molecule has 1 aliphatic rings. The van der Waals surface area contributed by atoms with Gasteiger partial charge in [-0.1, -0.05) is 6.07 Å². The highest BCUT2D eigenvalue weighted by Crippen LogP contribution is 2.30. The number of furan rings is 1. The van der Waals surface area contributed by atoms with Crippen molar-refractivity contribution in [3.05, 3.63) is 56.6 Å². The average molecular weight is 400 g/mol. The summed E-state index contributed by atoms with van der Waals surface area (Å²) in [5, 5.41) is 11.2. The van der Waals surface area contributed by atoms with Crippen LogP contribution >= 0.6 is 22.7 Å². The molecule has 0 unspecified atom stereocenters. The first kappa shape index (κ1) is 17.6. The Bertz CT molecular complexity index is 1000. The number of rotatable bonds is 4. The molecule has 7 nitrogen and oxygen atoms in total. The van der Waals surface area contributed by atoms with Gasteiger partial charge in [0.15, 0.2) is 10.9 Å². The second kappa shape index (κ2) is 7.45. The molecule has 3 aromatic rings. The summed E-state index contributed by atoms with van der Waals surface area (Å²) in [5.41, 5.74) is 4.88. The van der Waals surface area contributed by atoms with Crippen LogP contribution in [0.4, 0.5) is 5.13 Å². The van der Waals surface area contributed by atoms with Crippen LogP contribution < -0.4 is 10.7 Å². The number of aromatic nitrogens is 1. The van der Waals surface area contributed by atoms with Crippen molar-refractivity contribution in [2.75, 3.05) is 5.32 Å². The van der Waals surface area contributed by atoms with Crippen molar-refractivity contribution in [1.82, 2.24) is 10.4 Å². The van der Waals surface area contributed by atoms with Crippen LogP contribution in [0, 0.1) is 6.92 Å². The van der Waals surface area contributed by atoms with Crippen LogP contribution in [-0.2, 0) is 6.42 Å². The van der Waals surface area contributed by atoms with Crippen molar-refractivity contribution in [2.24, 2.45) is 5.10 Å². The Morgan fingerprint density at radius 1 is 1.22 bits per heavy atom. The smallest absolute Gasteiger partial charge is 0.293 e. The number of aryl methyl sites for hydroxylation is 1. The van der Waals surface area contributed by atoms with E-state index in [4.69, 9.17) is 4.42 Å². The monoisotopic (exact) mass is 400 g/mol. The molecule has 0 fully saturated rings. The molecule has 0 radical (unpaired) electrons. The highest BCUT2D eigenvalue weighted by atomic mass is 32.1. The predicted octanol–water partition coefficient (Wildman–Crippen LogP) is 3.83. The fourth-order valence-corrected chi connectivity index (χ4v) is 4.15. The molecule has 3 aromatic heterocycles. The summed E-state index contributed by atoms with van der Waals surface area (Å²) in [4.78, 5) is 29.3. The van der Waals surface area contributed by atoms with Crippen LogP contribution in [0.25, 0.3) is 0 Å². The van der Waals surface area contributed by atoms with Gasteiger partial charge in [0.1, 0.15) is 5.76 Å². The summed E-state index contributed by atoms with van der Waals surface area (Å²) in [6.45, 7) is 1.83. The molecule has 4 rings (SSSR count). The van der Waals surface area contributed by atoms with Crippen molar-refractivity contribution >= 4 is 45.3 Å². The van der Waals surface area contributed by atoms with Gasteiger partial charge in [-0.05, 0) is 31.2 Å². The number of anilines is 1. The molecular formula is C18H16N4O3S2. The number of hydrazone groups is 1. The standard InChI is InChI=1S/C18H16N4O3S2/c1-10-14-11(21-22-16(23)13-6-3-8-26-13)4-2-5-12(14)25-15(10)17(24)20-18-19-7-9-27-18/h3,6-9H,2,4-5H2,1H3,(H,22,23)(H,19,20,24)/b21-11+. The summed E-state index contributed by atoms with van der Waals surface area (Å²) in [6.07, 6.45) is 3.92. The van der Waals surface area contributed by atoms with Gasteiger partial charge in [-0.15, -0.1) is 22.7 Å². The summed E-state index contributed by atoms with van der Waals surface area (Å²) in [6, 6.07) is 3.57. The molecule has 0 saturated carbocycles. The van der Waals surface area contributed by atoms with E-state index in [2.05, 4.69) is 20.8 Å². The second-order valence-corrected chi connectivity index (χ2v) is 7.82. The van der Waals surface area contributed by atoms with Crippen molar-refractivity contribution in [1.29, 1.82) is 0 Å². The lowest BCUT2D eigenvalue weighted by Gasteiger charge is -2.13. The molecule has 1 aliphatic carbocycles. The highest BCUT2D eigenvalue weighted by molar-refractivity contribution is 7.13. The lowest BCUT2D eigenvalue weighted by atomic mass is 9.93. The van der Waals surface area contributed by atoms with E-state index in [1.807, 2.05) is 18.4 Å². The minimum absolute atomic E-state index is 0.243. The Labute approximate surface area is 163 Å². The molecule has 27 heavy (non-hydrogen) atoms. The minimum atomic E-state index is -0.334. The Morgan fingerprint density at radius 2 is 2.11 bits per heavy atom. The zero-order chi connectivity index (χ0) is 18.8. The number of thiazole rings is 1. The number of amides is 2. The first-order valence-electron chi connectivity index (χ1n) is 8.37. The van der Waals surface area contributed by atoms with Crippen LogP contribution in [-0.4, -0.2) is 22.5 Å². The van der Waals surface area contributed by atoms with Crippen molar-refractivity contribution in [2.45, 2.75) is 26.2 Å². The Hall–Kier alpha value is -2.78. The van der Waals surface area contributed by atoms with Gasteiger partial charge < -0.3 is 4.42 Å². The fraction of sp³-hybridized carbons (Fsp3) is 0.222. The first-order valence-corrected chi connectivity index (χ1v) is 10.1. The SMILES string of the molecule is Cc1c(C(=O)Nc2nccs2)oc2c1/C(=N/NC(=O)c1cccs1)CCC2. The van der Waals surface area contributed by atoms with E-state index in [0.29, 0.717) is 16.4 Å². The van der Waals surface area contributed by atoms with Crippen LogP contribution in [0.1, 0.15) is 50.0 Å². The number of carbonyl (C=O) groups is 2. The molecule has 2 N–H and O–H groups in total. The van der Waals surface area contributed by atoms with Gasteiger partial charge in [0, 0.05) is 29.1 Å². The molecule has 0 spiro atoms. The summed E-state index contributed by atoms with van der Waals surface area (Å²) in [7, 11) is 0. The molecule has 9 heteroatoms. The van der Waals surface area contributed by atoms with Gasteiger partial charge in [-0.3, -0.25) is 14.9 Å². The topological polar surface area (TPSA) is 96.6 Å². The van der Waals surface area contributed by atoms with E-state index in [0.717, 1.165) is 35.4 Å². The molecule has 3 heterocycles. The van der Waals surface area contributed by atoms with Crippen molar-refractivity contribution in [3.63, 3.8) is 0 Å². The van der Waals surface area contributed by atoms with Crippen LogP contribution in [0.2, 0.25) is 0 Å². The molecule has 0 aromatic carbocycles. The Balaban J connectivity index is 1.58. The number of nitrogens with one attached hydrogen (secondary N) is 2. The highest BCUT2D eigenvalue weighted by Gasteiger charge is 2.28. The second-order valence-electron chi connectivity index (χ2n) is 5.98. The van der Waals surface area contributed by atoms with Crippen molar-refractivity contribution < 1.29 is 14.0 Å². The van der Waals surface area contributed by atoms with Gasteiger partial charge in [0.25, 0.3) is 11.8 Å². The van der Waals surface area contributed by atoms with Crippen molar-refractivity contribution in [3.8, 4) is 0 Å². The fourth-order valence-electron chi connectivity index (χ4n) is 3.02. The quantitative estimate of drug-likeness (QED) is 0.651. The van der Waals surface area contributed by atoms with E-state index in [9.17, 15) is 9.59 Å². The summed E-state index contributed by atoms with van der Waals surface area (Å²) < 4.78 is 5.83. The van der Waals surface area contributed by atoms with Gasteiger partial charge in [0.05, 0.1) is 10.6 Å². The van der Waals surface area contributed by atoms with E-state index < -0.39 is 0 Å². The van der Waals surface area contributed by atoms with Gasteiger partial charge >= 0.3 is 0 Å². The molecule has 0 aliphatic heterocycles. The van der Waals surface area contributed by atoms with Crippen LogP contribution in [0.5, 0.6) is 0 Å². The average Bonchev–Trinajstić information content (AvgIpc) is 3.41. The minimum Gasteiger partial charge on any atom is -0.455 e. The normalized spacial score (nSPS) is 14.8. The largest absolute Gasteiger partial charge is 0.455 e. The zero-order valence-corrected chi connectivity index (χ0v) is 16.1. The molecule has 0 bridgehead atoms. The van der Waals surface area contributed by atoms with Crippen LogP contribution in [0.3, 0.4) is 0 Å². The molecule has 0 saturated heterocycles. The number of hydrogen-bond donors (Lipinski definition) is 2. The number of hydrogen-bond acceptors (Lipinski definition) is 7. The van der Waals surface area contributed by atoms with E-state index in [-0.39, 0.29) is 17.6 Å². The maximum absolute atomic E-state index is 12.5. The summed E-state index contributed by atoms with van der Waals surface area (Å²) >= 11 is 2.70. The third-order valence-electron chi connectivity index (χ3n) is 4.22. The lowest BCUT2D eigenvalue weighted by molar-refractivity contribution is 0.0957. The zero-order valence-electron chi connectivity index (χ0n) is 14.4. The summed E-state index contributed by atoms with van der Waals surface area (Å²) in [5.74, 6) is 0.410. The maximum atomic E-state index is 12.5. The van der Waals surface area contributed by atoms with E-state index in [1.165, 1.54) is 22.7 Å². The number of nitrogens with zero attached hydrogens (tertiary/aromatic N) is 2. The molecular weight excluding hydrogens is 384 g/mol. The molecule has 138 valence electrons. The number of thiophene rings is 1. The maximum Gasteiger partial charge on any atom is 0.293 e. The molecule has 0 atom stereocenters. The third-order valence-corrected chi connectivity index (χ3v) is 5.78. The molecule has 2 amide bonds. The first-order chi connectivity index (χ1) is 13.1. The Morgan fingerprint density at radius 3 is 2.85 bits per heavy atom. The van der Waals surface area contributed by atoms with Gasteiger partial charge in [-0.25, -0.2) is 10.4 Å². The van der Waals surface area contributed by atoms with Gasteiger partial charge in [-0.2, -0.15) is 5.10 Å². The third kappa shape index (κ3) is 3.56. The number of fused-ring (bicyclic) bond motifs is 1. The van der Waals surface area contributed by atoms with Gasteiger partial charge in [0.2, 0.25) is 0 Å². The Kier molecular flexibility index (Phi) is 4.87. The van der Waals surface area contributed by atoms with E-state index in [1.54, 1.807) is 17.6 Å². The van der Waals surface area contributed by atoms with Crippen LogP contribution in [0.15, 0.2) is 38.6 Å². The number of carbonyl (C=O) groups excluding carboxylic acids is 2. The predicted molar refractivity (Wildman–Crippen MR) is 105 cm³/mol.